The predicted molar refractivity (Wildman–Crippen MR) is 102 cm³/mol. The van der Waals surface area contributed by atoms with E-state index in [1.165, 1.54) is 4.90 Å². The van der Waals surface area contributed by atoms with Crippen LogP contribution in [0.4, 0.5) is 0 Å². The number of nitriles is 1. The van der Waals surface area contributed by atoms with E-state index >= 15 is 0 Å². The fraction of sp³-hybridized carbons (Fsp3) is 0.200. The highest BCUT2D eigenvalue weighted by Gasteiger charge is 2.27. The van der Waals surface area contributed by atoms with Gasteiger partial charge in [-0.3, -0.25) is 9.52 Å². The molecule has 138 valence electrons. The van der Waals surface area contributed by atoms with Gasteiger partial charge >= 0.3 is 0 Å². The minimum atomic E-state index is -3.61. The van der Waals surface area contributed by atoms with Gasteiger partial charge in [0.25, 0.3) is 5.91 Å². The van der Waals surface area contributed by atoms with E-state index in [9.17, 15) is 13.2 Å². The number of carbonyl (C=O) groups is 1. The van der Waals surface area contributed by atoms with E-state index in [-0.39, 0.29) is 17.4 Å². The van der Waals surface area contributed by atoms with Crippen LogP contribution in [-0.4, -0.2) is 31.5 Å². The van der Waals surface area contributed by atoms with Crippen molar-refractivity contribution in [2.75, 3.05) is 12.3 Å². The first-order chi connectivity index (χ1) is 13.0. The number of nitrogens with one attached hydrogen (secondary N) is 1. The zero-order valence-electron chi connectivity index (χ0n) is 14.6. The second-order valence-corrected chi connectivity index (χ2v) is 8.11. The fourth-order valence-electron chi connectivity index (χ4n) is 2.84. The van der Waals surface area contributed by atoms with Gasteiger partial charge in [-0.05, 0) is 35.8 Å². The van der Waals surface area contributed by atoms with Crippen LogP contribution in [-0.2, 0) is 27.8 Å². The third-order valence-corrected chi connectivity index (χ3v) is 5.50. The molecule has 0 atom stereocenters. The molecule has 0 radical (unpaired) electrons. The van der Waals surface area contributed by atoms with Crippen molar-refractivity contribution < 1.29 is 13.2 Å². The molecule has 1 amide bonds. The first kappa shape index (κ1) is 18.7. The highest BCUT2D eigenvalue weighted by atomic mass is 32.2. The van der Waals surface area contributed by atoms with Gasteiger partial charge in [0.05, 0.1) is 17.4 Å². The highest BCUT2D eigenvalue weighted by Crippen LogP contribution is 2.15. The Morgan fingerprint density at radius 1 is 1.07 bits per heavy atom. The van der Waals surface area contributed by atoms with Crippen LogP contribution < -0.4 is 4.72 Å². The molecule has 0 aliphatic carbocycles. The largest absolute Gasteiger partial charge is 0.329 e. The SMILES string of the molecule is N#Cc1cccc(CN2CC=C(NS(=O)(=O)CCc3ccccc3)C2=O)c1. The lowest BCUT2D eigenvalue weighted by atomic mass is 10.1. The maximum Gasteiger partial charge on any atom is 0.271 e. The van der Waals surface area contributed by atoms with Crippen LogP contribution >= 0.6 is 0 Å². The number of benzene rings is 2. The number of carbonyl (C=O) groups excluding carboxylic acids is 1. The Labute approximate surface area is 158 Å². The summed E-state index contributed by atoms with van der Waals surface area (Å²) >= 11 is 0. The number of hydrogen-bond donors (Lipinski definition) is 1. The molecule has 3 rings (SSSR count). The standard InChI is InChI=1S/C20H19N3O3S/c21-14-17-7-4-8-18(13-17)15-23-11-9-19(20(23)24)22-27(25,26)12-10-16-5-2-1-3-6-16/h1-9,13,22H,10-12,15H2. The van der Waals surface area contributed by atoms with Crippen molar-refractivity contribution in [3.8, 4) is 6.07 Å². The molecule has 7 heteroatoms. The quantitative estimate of drug-likeness (QED) is 0.794. The van der Waals surface area contributed by atoms with Gasteiger partial charge in [-0.1, -0.05) is 42.5 Å². The molecule has 27 heavy (non-hydrogen) atoms. The number of hydrogen-bond acceptors (Lipinski definition) is 4. The van der Waals surface area contributed by atoms with Crippen molar-refractivity contribution in [3.05, 3.63) is 83.1 Å². The van der Waals surface area contributed by atoms with E-state index in [1.54, 1.807) is 24.3 Å². The van der Waals surface area contributed by atoms with Gasteiger partial charge in [-0.15, -0.1) is 0 Å². The van der Waals surface area contributed by atoms with E-state index < -0.39 is 10.0 Å². The Morgan fingerprint density at radius 3 is 2.56 bits per heavy atom. The van der Waals surface area contributed by atoms with Gasteiger partial charge in [0.2, 0.25) is 10.0 Å². The van der Waals surface area contributed by atoms with E-state index in [4.69, 9.17) is 5.26 Å². The normalized spacial score (nSPS) is 14.0. The van der Waals surface area contributed by atoms with Gasteiger partial charge in [0, 0.05) is 13.1 Å². The Kier molecular flexibility index (Phi) is 5.57. The van der Waals surface area contributed by atoms with Crippen LogP contribution in [0.3, 0.4) is 0 Å². The van der Waals surface area contributed by atoms with Crippen LogP contribution in [0.2, 0.25) is 0 Å². The molecule has 0 bridgehead atoms. The summed E-state index contributed by atoms with van der Waals surface area (Å²) in [4.78, 5) is 14.0. The van der Waals surface area contributed by atoms with E-state index in [2.05, 4.69) is 10.8 Å². The Bertz CT molecular complexity index is 1010. The second kappa shape index (κ2) is 8.06. The smallest absolute Gasteiger partial charge is 0.271 e. The van der Waals surface area contributed by atoms with Crippen LogP contribution in [0.5, 0.6) is 0 Å². The average molecular weight is 381 g/mol. The summed E-state index contributed by atoms with van der Waals surface area (Å²) < 4.78 is 27.0. The van der Waals surface area contributed by atoms with E-state index in [0.29, 0.717) is 25.1 Å². The van der Waals surface area contributed by atoms with Gasteiger partial charge in [0.1, 0.15) is 5.70 Å². The number of amides is 1. The van der Waals surface area contributed by atoms with Crippen molar-refractivity contribution in [2.45, 2.75) is 13.0 Å². The van der Waals surface area contributed by atoms with Gasteiger partial charge in [-0.2, -0.15) is 5.26 Å². The molecule has 1 heterocycles. The first-order valence-electron chi connectivity index (χ1n) is 8.50. The zero-order valence-corrected chi connectivity index (χ0v) is 15.4. The third-order valence-electron chi connectivity index (χ3n) is 4.23. The molecular weight excluding hydrogens is 362 g/mol. The zero-order chi connectivity index (χ0) is 19.3. The van der Waals surface area contributed by atoms with Crippen molar-refractivity contribution in [1.29, 1.82) is 5.26 Å². The highest BCUT2D eigenvalue weighted by molar-refractivity contribution is 7.89. The summed E-state index contributed by atoms with van der Waals surface area (Å²) in [5.41, 5.74) is 2.35. The molecular formula is C20H19N3O3S. The Hall–Kier alpha value is -3.11. The van der Waals surface area contributed by atoms with Crippen LogP contribution in [0.25, 0.3) is 0 Å². The van der Waals surface area contributed by atoms with Gasteiger partial charge < -0.3 is 4.90 Å². The lowest BCUT2D eigenvalue weighted by Crippen LogP contribution is -2.34. The van der Waals surface area contributed by atoms with Crippen molar-refractivity contribution >= 4 is 15.9 Å². The fourth-order valence-corrected chi connectivity index (χ4v) is 3.95. The average Bonchev–Trinajstić information content (AvgIpc) is 3.00. The molecule has 0 saturated heterocycles. The third kappa shape index (κ3) is 4.96. The van der Waals surface area contributed by atoms with Crippen LogP contribution in [0.1, 0.15) is 16.7 Å². The van der Waals surface area contributed by atoms with Gasteiger partial charge in [-0.25, -0.2) is 8.42 Å². The molecule has 1 aliphatic rings. The van der Waals surface area contributed by atoms with E-state index in [1.807, 2.05) is 36.4 Å². The summed E-state index contributed by atoms with van der Waals surface area (Å²) in [7, 11) is -3.61. The molecule has 0 fully saturated rings. The molecule has 6 nitrogen and oxygen atoms in total. The lowest BCUT2D eigenvalue weighted by Gasteiger charge is -2.17. The van der Waals surface area contributed by atoms with Gasteiger partial charge in [0.15, 0.2) is 0 Å². The maximum absolute atomic E-state index is 12.5. The number of rotatable bonds is 7. The lowest BCUT2D eigenvalue weighted by molar-refractivity contribution is -0.126. The maximum atomic E-state index is 12.5. The summed E-state index contributed by atoms with van der Waals surface area (Å²) in [6.07, 6.45) is 1.96. The Balaban J connectivity index is 1.58. The number of nitrogens with zero attached hydrogens (tertiary/aromatic N) is 2. The molecule has 0 spiro atoms. The monoisotopic (exact) mass is 381 g/mol. The molecule has 1 aliphatic heterocycles. The number of sulfonamides is 1. The van der Waals surface area contributed by atoms with Crippen LogP contribution in [0, 0.1) is 11.3 Å². The number of aryl methyl sites for hydroxylation is 1. The second-order valence-electron chi connectivity index (χ2n) is 6.27. The Morgan fingerprint density at radius 2 is 1.81 bits per heavy atom. The minimum Gasteiger partial charge on any atom is -0.329 e. The topological polar surface area (TPSA) is 90.3 Å². The molecule has 0 unspecified atom stereocenters. The molecule has 0 saturated carbocycles. The van der Waals surface area contributed by atoms with Crippen LogP contribution in [0.15, 0.2) is 66.4 Å². The summed E-state index contributed by atoms with van der Waals surface area (Å²) in [6.45, 7) is 0.645. The summed E-state index contributed by atoms with van der Waals surface area (Å²) in [5, 5.41) is 8.96. The molecule has 2 aromatic carbocycles. The predicted octanol–water partition coefficient (Wildman–Crippen LogP) is 1.95. The minimum absolute atomic E-state index is 0.0829. The molecule has 0 aromatic heterocycles. The van der Waals surface area contributed by atoms with Crippen molar-refractivity contribution in [2.24, 2.45) is 0 Å². The molecule has 1 N–H and O–H groups in total. The summed E-state index contributed by atoms with van der Waals surface area (Å²) in [6, 6.07) is 18.4. The van der Waals surface area contributed by atoms with Crippen molar-refractivity contribution in [3.63, 3.8) is 0 Å². The summed E-state index contributed by atoms with van der Waals surface area (Å²) in [5.74, 6) is -0.452. The van der Waals surface area contributed by atoms with E-state index in [0.717, 1.165) is 11.1 Å². The first-order valence-corrected chi connectivity index (χ1v) is 10.1. The molecule has 2 aromatic rings. The van der Waals surface area contributed by atoms with Crippen molar-refractivity contribution in [1.82, 2.24) is 9.62 Å².